The zero-order valence-corrected chi connectivity index (χ0v) is 5.57. The van der Waals surface area contributed by atoms with Gasteiger partial charge in [-0.25, -0.2) is 5.43 Å². The fraction of sp³-hybridized carbons (Fsp3) is 0.200. The minimum Gasteiger partial charge on any atom is -0.316 e. The molecule has 0 spiro atoms. The Labute approximate surface area is 62.4 Å². The predicted molar refractivity (Wildman–Crippen MR) is 33.7 cm³/mol. The van der Waals surface area contributed by atoms with E-state index in [2.05, 4.69) is 26.2 Å². The Kier molecular flexibility index (Phi) is 1.64. The lowest BCUT2D eigenvalue weighted by atomic mass is 10.3. The predicted octanol–water partition coefficient (Wildman–Crippen LogP) is -0.690. The molecule has 1 aliphatic rings. The zero-order valence-electron chi connectivity index (χ0n) is 5.57. The van der Waals surface area contributed by atoms with E-state index in [1.165, 1.54) is 6.20 Å². The molecule has 0 amide bonds. The van der Waals surface area contributed by atoms with Crippen molar-refractivity contribution in [2.45, 2.75) is 6.54 Å². The van der Waals surface area contributed by atoms with Crippen LogP contribution in [0.4, 0.5) is 0 Å². The van der Waals surface area contributed by atoms with Crippen molar-refractivity contribution in [2.24, 2.45) is 0 Å². The number of fused-ring (bicyclic) bond motifs is 1. The Morgan fingerprint density at radius 1 is 1.55 bits per heavy atom. The van der Waals surface area contributed by atoms with Gasteiger partial charge < -0.3 is 4.89 Å². The fourth-order valence-corrected chi connectivity index (χ4v) is 0.763. The van der Waals surface area contributed by atoms with Crippen LogP contribution >= 0.6 is 0 Å². The van der Waals surface area contributed by atoms with Gasteiger partial charge in [0.25, 0.3) is 0 Å². The van der Waals surface area contributed by atoms with Gasteiger partial charge in [0.1, 0.15) is 5.69 Å². The summed E-state index contributed by atoms with van der Waals surface area (Å²) in [5.74, 6) is 0.567. The molecule has 0 unspecified atom stereocenters. The number of aromatic nitrogens is 2. The molecule has 0 aromatic carbocycles. The topological polar surface area (TPSA) is 68.3 Å². The zero-order chi connectivity index (χ0) is 7.52. The molecule has 2 N–H and O–H groups in total. The van der Waals surface area contributed by atoms with Crippen molar-refractivity contribution in [2.75, 3.05) is 0 Å². The second-order valence-corrected chi connectivity index (χ2v) is 1.96. The van der Waals surface area contributed by atoms with Gasteiger partial charge in [-0.05, 0) is 0 Å². The Balaban J connectivity index is 2.33. The molecule has 0 atom stereocenters. The summed E-state index contributed by atoms with van der Waals surface area (Å²) >= 11 is 0. The van der Waals surface area contributed by atoms with Crippen molar-refractivity contribution in [1.82, 2.24) is 21.2 Å². The third-order valence-corrected chi connectivity index (χ3v) is 1.26. The second kappa shape index (κ2) is 2.79. The molecule has 0 saturated heterocycles. The van der Waals surface area contributed by atoms with Crippen molar-refractivity contribution in [3.05, 3.63) is 18.0 Å². The van der Waals surface area contributed by atoms with Gasteiger partial charge in [-0.2, -0.15) is 10.2 Å². The van der Waals surface area contributed by atoms with Crippen LogP contribution in [0, 0.1) is 0 Å². The molecule has 0 radical (unpaired) electrons. The lowest BCUT2D eigenvalue weighted by Gasteiger charge is -1.98. The molecule has 0 saturated carbocycles. The molecule has 0 fully saturated rings. The van der Waals surface area contributed by atoms with Crippen molar-refractivity contribution in [3.8, 4) is 5.75 Å². The Bertz CT molecular complexity index is 229. The summed E-state index contributed by atoms with van der Waals surface area (Å²) in [5, 5.41) is 7.51. The number of hydrogen-bond donors (Lipinski definition) is 2. The smallest absolute Gasteiger partial charge is 0.193 e. The molecule has 6 heteroatoms. The fourth-order valence-electron chi connectivity index (χ4n) is 0.763. The van der Waals surface area contributed by atoms with Crippen LogP contribution in [0.3, 0.4) is 0 Å². The van der Waals surface area contributed by atoms with Crippen molar-refractivity contribution in [1.29, 1.82) is 0 Å². The highest BCUT2D eigenvalue weighted by Gasteiger charge is 2.09. The lowest BCUT2D eigenvalue weighted by Crippen LogP contribution is -2.29. The second-order valence-electron chi connectivity index (χ2n) is 1.96. The maximum atomic E-state index is 4.77. The number of rotatable bonds is 0. The minimum atomic E-state index is 0.517. The van der Waals surface area contributed by atoms with Crippen LogP contribution in [-0.2, 0) is 11.5 Å². The minimum absolute atomic E-state index is 0.517. The van der Waals surface area contributed by atoms with Gasteiger partial charge in [0.2, 0.25) is 0 Å². The third kappa shape index (κ3) is 1.27. The molecule has 0 aliphatic carbocycles. The van der Waals surface area contributed by atoms with E-state index in [-0.39, 0.29) is 0 Å². The summed E-state index contributed by atoms with van der Waals surface area (Å²) in [7, 11) is 0. The summed E-state index contributed by atoms with van der Waals surface area (Å²) in [5.41, 5.74) is 5.76. The average molecular weight is 154 g/mol. The largest absolute Gasteiger partial charge is 0.316 e. The molecule has 58 valence electrons. The molecule has 1 aromatic rings. The van der Waals surface area contributed by atoms with E-state index < -0.39 is 0 Å². The summed E-state index contributed by atoms with van der Waals surface area (Å²) in [4.78, 5) is 9.26. The summed E-state index contributed by atoms with van der Waals surface area (Å²) < 4.78 is 0. The van der Waals surface area contributed by atoms with Gasteiger partial charge in [-0.15, -0.1) is 0 Å². The first-order valence-electron chi connectivity index (χ1n) is 3.09. The third-order valence-electron chi connectivity index (χ3n) is 1.26. The summed E-state index contributed by atoms with van der Waals surface area (Å²) in [6.07, 6.45) is 1.54. The number of nitrogens with one attached hydrogen (secondary N) is 2. The van der Waals surface area contributed by atoms with Crippen LogP contribution < -0.4 is 15.9 Å². The van der Waals surface area contributed by atoms with Crippen LogP contribution in [0.1, 0.15) is 5.69 Å². The quantitative estimate of drug-likeness (QED) is 0.482. The molecule has 6 nitrogen and oxygen atoms in total. The number of hydrogen-bond acceptors (Lipinski definition) is 6. The van der Waals surface area contributed by atoms with Gasteiger partial charge in [-0.1, -0.05) is 10.6 Å². The molecule has 1 aromatic heterocycles. The first kappa shape index (κ1) is 6.47. The molecule has 2 heterocycles. The first-order chi connectivity index (χ1) is 5.47. The van der Waals surface area contributed by atoms with E-state index in [4.69, 9.17) is 4.89 Å². The molecule has 11 heavy (non-hydrogen) atoms. The molecular weight excluding hydrogens is 148 g/mol. The highest BCUT2D eigenvalue weighted by molar-refractivity contribution is 5.23. The molecule has 2 rings (SSSR count). The van der Waals surface area contributed by atoms with Crippen LogP contribution in [0.5, 0.6) is 5.75 Å². The Morgan fingerprint density at radius 3 is 3.55 bits per heavy atom. The highest BCUT2D eigenvalue weighted by atomic mass is 17.3. The normalized spacial score (nSPS) is 16.4. The SMILES string of the molecule is c1cc2c(nn1)CNNOO2. The van der Waals surface area contributed by atoms with E-state index in [0.717, 1.165) is 0 Å². The van der Waals surface area contributed by atoms with Gasteiger partial charge >= 0.3 is 0 Å². The monoisotopic (exact) mass is 154 g/mol. The van der Waals surface area contributed by atoms with E-state index in [1.807, 2.05) is 0 Å². The summed E-state index contributed by atoms with van der Waals surface area (Å²) in [6, 6.07) is 1.68. The van der Waals surface area contributed by atoms with Gasteiger partial charge in [-0.3, -0.25) is 0 Å². The Morgan fingerprint density at radius 2 is 2.55 bits per heavy atom. The number of hydrazine groups is 1. The van der Waals surface area contributed by atoms with Crippen molar-refractivity contribution in [3.63, 3.8) is 0 Å². The van der Waals surface area contributed by atoms with Gasteiger partial charge in [0, 0.05) is 6.07 Å². The van der Waals surface area contributed by atoms with E-state index in [9.17, 15) is 0 Å². The van der Waals surface area contributed by atoms with E-state index >= 15 is 0 Å². The maximum absolute atomic E-state index is 4.77. The van der Waals surface area contributed by atoms with Crippen LogP contribution in [-0.4, -0.2) is 10.2 Å². The van der Waals surface area contributed by atoms with Crippen LogP contribution in [0.2, 0.25) is 0 Å². The van der Waals surface area contributed by atoms with Crippen LogP contribution in [0.15, 0.2) is 12.3 Å². The maximum Gasteiger partial charge on any atom is 0.193 e. The number of nitrogens with zero attached hydrogens (tertiary/aromatic N) is 2. The van der Waals surface area contributed by atoms with Gasteiger partial charge in [0.05, 0.1) is 12.7 Å². The van der Waals surface area contributed by atoms with Crippen molar-refractivity contribution < 1.29 is 9.88 Å². The average Bonchev–Trinajstić information content (AvgIpc) is 2.28. The van der Waals surface area contributed by atoms with E-state index in [0.29, 0.717) is 18.0 Å². The molecule has 1 aliphatic heterocycles. The highest BCUT2D eigenvalue weighted by Crippen LogP contribution is 2.14. The van der Waals surface area contributed by atoms with E-state index in [1.54, 1.807) is 6.07 Å². The molecule has 0 bridgehead atoms. The standard InChI is InChI=1S/C5H6N4O2/c1-2-6-8-4-3-7-9-11-10-5(1)4/h1-2,7,9H,3H2. The molecular formula is C5H6N4O2. The summed E-state index contributed by atoms with van der Waals surface area (Å²) in [6.45, 7) is 0.517. The van der Waals surface area contributed by atoms with Crippen LogP contribution in [0.25, 0.3) is 0 Å². The van der Waals surface area contributed by atoms with Crippen molar-refractivity contribution >= 4 is 0 Å². The Hall–Kier alpha value is -1.24. The van der Waals surface area contributed by atoms with Gasteiger partial charge in [0.15, 0.2) is 5.75 Å². The lowest BCUT2D eigenvalue weighted by molar-refractivity contribution is -0.266. The first-order valence-corrected chi connectivity index (χ1v) is 3.09.